The lowest BCUT2D eigenvalue weighted by Crippen LogP contribution is -2.41. The van der Waals surface area contributed by atoms with Crippen molar-refractivity contribution in [2.75, 3.05) is 6.54 Å². The van der Waals surface area contributed by atoms with E-state index in [2.05, 4.69) is 5.32 Å². The minimum atomic E-state index is 0.484. The Balaban J connectivity index is 1.64. The van der Waals surface area contributed by atoms with Crippen LogP contribution in [0.5, 0.6) is 0 Å². The molecule has 0 amide bonds. The molecule has 70 valence electrons. The molecular formula is C10H20N2. The summed E-state index contributed by atoms with van der Waals surface area (Å²) in [6.45, 7) is 1.17. The molecule has 0 bridgehead atoms. The molecule has 12 heavy (non-hydrogen) atoms. The third-order valence-electron chi connectivity index (χ3n) is 3.49. The number of hydrogen-bond donors (Lipinski definition) is 2. The highest BCUT2D eigenvalue weighted by atomic mass is 14.9. The second kappa shape index (κ2) is 3.75. The third kappa shape index (κ3) is 1.80. The molecule has 0 spiro atoms. The standard InChI is InChI=1S/C10H20N2/c11-10-6-1-3-8(10)7-12-9-4-2-5-9/h8-10,12H,1-7,11H2. The van der Waals surface area contributed by atoms with Crippen molar-refractivity contribution in [3.8, 4) is 0 Å². The monoisotopic (exact) mass is 168 g/mol. The lowest BCUT2D eigenvalue weighted by atomic mass is 9.92. The van der Waals surface area contributed by atoms with E-state index in [1.165, 1.54) is 45.1 Å². The number of nitrogens with one attached hydrogen (secondary N) is 1. The fourth-order valence-corrected chi connectivity index (χ4v) is 2.25. The van der Waals surface area contributed by atoms with E-state index >= 15 is 0 Å². The minimum absolute atomic E-state index is 0.484. The summed E-state index contributed by atoms with van der Waals surface area (Å²) < 4.78 is 0. The number of rotatable bonds is 3. The molecule has 2 aliphatic carbocycles. The van der Waals surface area contributed by atoms with E-state index in [1.807, 2.05) is 0 Å². The Labute approximate surface area is 74.9 Å². The summed E-state index contributed by atoms with van der Waals surface area (Å²) in [5.41, 5.74) is 5.98. The molecule has 2 rings (SSSR count). The van der Waals surface area contributed by atoms with Crippen LogP contribution in [-0.2, 0) is 0 Å². The van der Waals surface area contributed by atoms with Crippen LogP contribution in [0.15, 0.2) is 0 Å². The van der Waals surface area contributed by atoms with Crippen molar-refractivity contribution < 1.29 is 0 Å². The summed E-state index contributed by atoms with van der Waals surface area (Å²) in [4.78, 5) is 0. The van der Waals surface area contributed by atoms with Gasteiger partial charge in [0.2, 0.25) is 0 Å². The predicted octanol–water partition coefficient (Wildman–Crippen LogP) is 1.26. The summed E-state index contributed by atoms with van der Waals surface area (Å²) >= 11 is 0. The number of nitrogens with two attached hydrogens (primary N) is 1. The Hall–Kier alpha value is -0.0800. The first-order valence-corrected chi connectivity index (χ1v) is 5.35. The maximum absolute atomic E-state index is 5.98. The van der Waals surface area contributed by atoms with Gasteiger partial charge in [-0.15, -0.1) is 0 Å². The number of hydrogen-bond acceptors (Lipinski definition) is 2. The van der Waals surface area contributed by atoms with Crippen molar-refractivity contribution in [3.63, 3.8) is 0 Å². The van der Waals surface area contributed by atoms with Crippen LogP contribution in [0.3, 0.4) is 0 Å². The molecule has 2 atom stereocenters. The van der Waals surface area contributed by atoms with E-state index in [0.717, 1.165) is 12.0 Å². The first kappa shape index (κ1) is 8.52. The molecule has 2 heteroatoms. The molecule has 3 N–H and O–H groups in total. The van der Waals surface area contributed by atoms with Crippen LogP contribution in [0.1, 0.15) is 38.5 Å². The van der Waals surface area contributed by atoms with Crippen LogP contribution < -0.4 is 11.1 Å². The predicted molar refractivity (Wildman–Crippen MR) is 51.0 cm³/mol. The molecule has 0 radical (unpaired) electrons. The molecule has 0 aliphatic heterocycles. The zero-order valence-electron chi connectivity index (χ0n) is 7.76. The highest BCUT2D eigenvalue weighted by molar-refractivity contribution is 4.84. The van der Waals surface area contributed by atoms with Gasteiger partial charge in [-0.05, 0) is 38.1 Å². The fourth-order valence-electron chi connectivity index (χ4n) is 2.25. The Kier molecular flexibility index (Phi) is 2.66. The van der Waals surface area contributed by atoms with Gasteiger partial charge in [0.1, 0.15) is 0 Å². The zero-order valence-corrected chi connectivity index (χ0v) is 7.76. The Morgan fingerprint density at radius 3 is 2.33 bits per heavy atom. The van der Waals surface area contributed by atoms with E-state index < -0.39 is 0 Å². The smallest absolute Gasteiger partial charge is 0.00792 e. The normalized spacial score (nSPS) is 36.8. The summed E-state index contributed by atoms with van der Waals surface area (Å²) in [7, 11) is 0. The maximum Gasteiger partial charge on any atom is 0.00792 e. The molecule has 2 fully saturated rings. The van der Waals surface area contributed by atoms with Crippen molar-refractivity contribution in [2.24, 2.45) is 11.7 Å². The average Bonchev–Trinajstić information content (AvgIpc) is 2.33. The van der Waals surface area contributed by atoms with Gasteiger partial charge in [0, 0.05) is 12.1 Å². The van der Waals surface area contributed by atoms with Gasteiger partial charge in [-0.2, -0.15) is 0 Å². The van der Waals surface area contributed by atoms with Gasteiger partial charge in [0.25, 0.3) is 0 Å². The molecule has 2 unspecified atom stereocenters. The molecular weight excluding hydrogens is 148 g/mol. The van der Waals surface area contributed by atoms with Gasteiger partial charge in [-0.25, -0.2) is 0 Å². The lowest BCUT2D eigenvalue weighted by Gasteiger charge is -2.28. The van der Waals surface area contributed by atoms with Gasteiger partial charge >= 0.3 is 0 Å². The summed E-state index contributed by atoms with van der Waals surface area (Å²) in [5, 5.41) is 3.61. The summed E-state index contributed by atoms with van der Waals surface area (Å²) in [6.07, 6.45) is 8.15. The van der Waals surface area contributed by atoms with Gasteiger partial charge in [0.05, 0.1) is 0 Å². The largest absolute Gasteiger partial charge is 0.327 e. The second-order valence-electron chi connectivity index (χ2n) is 4.39. The second-order valence-corrected chi connectivity index (χ2v) is 4.39. The van der Waals surface area contributed by atoms with Gasteiger partial charge < -0.3 is 11.1 Å². The molecule has 2 saturated carbocycles. The quantitative estimate of drug-likeness (QED) is 0.665. The fraction of sp³-hybridized carbons (Fsp3) is 1.00. The SMILES string of the molecule is NC1CCCC1CNC1CCC1. The first-order valence-electron chi connectivity index (χ1n) is 5.35. The Bertz CT molecular complexity index is 143. The Morgan fingerprint density at radius 1 is 1.08 bits per heavy atom. The van der Waals surface area contributed by atoms with Crippen LogP contribution in [-0.4, -0.2) is 18.6 Å². The topological polar surface area (TPSA) is 38.0 Å². The molecule has 0 aromatic heterocycles. The molecule has 2 aliphatic rings. The van der Waals surface area contributed by atoms with Crippen molar-refractivity contribution in [1.82, 2.24) is 5.32 Å². The van der Waals surface area contributed by atoms with Crippen LogP contribution in [0, 0.1) is 5.92 Å². The maximum atomic E-state index is 5.98. The van der Waals surface area contributed by atoms with Gasteiger partial charge in [-0.3, -0.25) is 0 Å². The average molecular weight is 168 g/mol. The molecule has 0 heterocycles. The minimum Gasteiger partial charge on any atom is -0.327 e. The summed E-state index contributed by atoms with van der Waals surface area (Å²) in [6, 6.07) is 1.32. The van der Waals surface area contributed by atoms with Crippen LogP contribution in [0.4, 0.5) is 0 Å². The highest BCUT2D eigenvalue weighted by Gasteiger charge is 2.25. The van der Waals surface area contributed by atoms with E-state index in [-0.39, 0.29) is 0 Å². The Morgan fingerprint density at radius 2 is 1.83 bits per heavy atom. The van der Waals surface area contributed by atoms with Crippen LogP contribution >= 0.6 is 0 Å². The van der Waals surface area contributed by atoms with Crippen LogP contribution in [0.2, 0.25) is 0 Å². The molecule has 0 aromatic rings. The third-order valence-corrected chi connectivity index (χ3v) is 3.49. The lowest BCUT2D eigenvalue weighted by molar-refractivity contribution is 0.309. The van der Waals surface area contributed by atoms with Crippen molar-refractivity contribution >= 4 is 0 Å². The van der Waals surface area contributed by atoms with Crippen molar-refractivity contribution in [2.45, 2.75) is 50.6 Å². The van der Waals surface area contributed by atoms with Crippen molar-refractivity contribution in [3.05, 3.63) is 0 Å². The van der Waals surface area contributed by atoms with E-state index in [4.69, 9.17) is 5.73 Å². The molecule has 2 nitrogen and oxygen atoms in total. The summed E-state index contributed by atoms with van der Waals surface area (Å²) in [5.74, 6) is 0.769. The zero-order chi connectivity index (χ0) is 8.39. The van der Waals surface area contributed by atoms with E-state index in [9.17, 15) is 0 Å². The van der Waals surface area contributed by atoms with Crippen molar-refractivity contribution in [1.29, 1.82) is 0 Å². The van der Waals surface area contributed by atoms with E-state index in [1.54, 1.807) is 0 Å². The first-order chi connectivity index (χ1) is 5.86. The molecule has 0 aromatic carbocycles. The highest BCUT2D eigenvalue weighted by Crippen LogP contribution is 2.24. The van der Waals surface area contributed by atoms with E-state index in [0.29, 0.717) is 6.04 Å². The van der Waals surface area contributed by atoms with Gasteiger partial charge in [-0.1, -0.05) is 12.8 Å². The van der Waals surface area contributed by atoms with Gasteiger partial charge in [0.15, 0.2) is 0 Å². The molecule has 0 saturated heterocycles. The van der Waals surface area contributed by atoms with Crippen LogP contribution in [0.25, 0.3) is 0 Å².